The molecule has 2 aliphatic heterocycles. The fourth-order valence-corrected chi connectivity index (χ4v) is 5.39. The average Bonchev–Trinajstić information content (AvgIpc) is 2.47. The first-order valence-electron chi connectivity index (χ1n) is 7.42. The smallest absolute Gasteiger partial charge is 0.220 e. The largest absolute Gasteiger partial charge is 0.355 e. The molecule has 2 heterocycles. The zero-order valence-electron chi connectivity index (χ0n) is 12.2. The molecule has 2 fully saturated rings. The number of carbonyl (C=O) groups is 1. The zero-order valence-corrected chi connectivity index (χ0v) is 14.7. The summed E-state index contributed by atoms with van der Waals surface area (Å²) in [6.07, 6.45) is 3.22. The summed E-state index contributed by atoms with van der Waals surface area (Å²) in [5.74, 6) is 5.11. The van der Waals surface area contributed by atoms with Crippen molar-refractivity contribution in [2.24, 2.45) is 11.8 Å². The molecule has 3 unspecified atom stereocenters. The van der Waals surface area contributed by atoms with Gasteiger partial charge in [-0.3, -0.25) is 4.79 Å². The first kappa shape index (κ1) is 18.5. The maximum atomic E-state index is 12.0. The van der Waals surface area contributed by atoms with Crippen molar-refractivity contribution in [3.63, 3.8) is 0 Å². The highest BCUT2D eigenvalue weighted by Crippen LogP contribution is 2.24. The molecule has 0 spiro atoms. The topological polar surface area (TPSA) is 41.1 Å². The Balaban J connectivity index is 0.00000200. The van der Waals surface area contributed by atoms with Crippen LogP contribution >= 0.6 is 35.9 Å². The van der Waals surface area contributed by atoms with Crippen LogP contribution in [0.15, 0.2) is 0 Å². The van der Waals surface area contributed by atoms with Crippen LogP contribution in [0, 0.1) is 11.8 Å². The van der Waals surface area contributed by atoms with Crippen molar-refractivity contribution in [1.29, 1.82) is 0 Å². The van der Waals surface area contributed by atoms with Crippen LogP contribution in [0.4, 0.5) is 0 Å². The molecular formula is C14H27ClN2OS2. The fraction of sp³-hybridized carbons (Fsp3) is 0.929. The number of rotatable bonds is 5. The van der Waals surface area contributed by atoms with Gasteiger partial charge in [-0.2, -0.15) is 23.5 Å². The lowest BCUT2D eigenvalue weighted by Crippen LogP contribution is -2.37. The van der Waals surface area contributed by atoms with Gasteiger partial charge >= 0.3 is 0 Å². The van der Waals surface area contributed by atoms with Crippen LogP contribution in [0.1, 0.15) is 26.2 Å². The molecule has 0 saturated carbocycles. The van der Waals surface area contributed by atoms with E-state index in [9.17, 15) is 4.79 Å². The molecule has 0 radical (unpaired) electrons. The number of thioether (sulfide) groups is 2. The van der Waals surface area contributed by atoms with Gasteiger partial charge in [0.05, 0.1) is 0 Å². The molecule has 2 rings (SSSR count). The van der Waals surface area contributed by atoms with Gasteiger partial charge in [-0.1, -0.05) is 6.92 Å². The molecule has 118 valence electrons. The zero-order chi connectivity index (χ0) is 13.5. The van der Waals surface area contributed by atoms with Gasteiger partial charge in [-0.25, -0.2) is 0 Å². The molecule has 2 saturated heterocycles. The molecule has 0 bridgehead atoms. The standard InChI is InChI=1S/C14H26N2OS2.ClH/c1-11(12-3-2-4-15-8-12)7-14(17)16-9-13-10-18-5-6-19-13;/h11-13,15H,2-10H2,1H3,(H,16,17);1H. The van der Waals surface area contributed by atoms with Gasteiger partial charge in [0, 0.05) is 35.5 Å². The highest BCUT2D eigenvalue weighted by atomic mass is 35.5. The monoisotopic (exact) mass is 338 g/mol. The Kier molecular flexibility index (Phi) is 9.42. The second-order valence-electron chi connectivity index (χ2n) is 5.66. The molecular weight excluding hydrogens is 312 g/mol. The van der Waals surface area contributed by atoms with E-state index in [2.05, 4.69) is 17.6 Å². The quantitative estimate of drug-likeness (QED) is 0.807. The highest BCUT2D eigenvalue weighted by Gasteiger charge is 2.22. The van der Waals surface area contributed by atoms with Gasteiger partial charge in [0.25, 0.3) is 0 Å². The lowest BCUT2D eigenvalue weighted by atomic mass is 9.85. The Morgan fingerprint density at radius 3 is 2.95 bits per heavy atom. The molecule has 3 nitrogen and oxygen atoms in total. The molecule has 2 aliphatic rings. The van der Waals surface area contributed by atoms with Crippen LogP contribution in [0.25, 0.3) is 0 Å². The van der Waals surface area contributed by atoms with Crippen molar-refractivity contribution in [2.75, 3.05) is 36.9 Å². The Bertz CT molecular complexity index is 282. The maximum Gasteiger partial charge on any atom is 0.220 e. The van der Waals surface area contributed by atoms with Gasteiger partial charge in [0.1, 0.15) is 0 Å². The normalized spacial score (nSPS) is 28.2. The summed E-state index contributed by atoms with van der Waals surface area (Å²) < 4.78 is 0. The molecule has 0 aromatic rings. The van der Waals surface area contributed by atoms with E-state index < -0.39 is 0 Å². The minimum Gasteiger partial charge on any atom is -0.355 e. The molecule has 0 aliphatic carbocycles. The number of nitrogens with one attached hydrogen (secondary N) is 2. The van der Waals surface area contributed by atoms with Crippen molar-refractivity contribution in [3.05, 3.63) is 0 Å². The Hall–Kier alpha value is 0.420. The molecule has 0 aromatic carbocycles. The summed E-state index contributed by atoms with van der Waals surface area (Å²) in [6, 6.07) is 0. The van der Waals surface area contributed by atoms with Crippen LogP contribution in [0.2, 0.25) is 0 Å². The minimum atomic E-state index is 0. The van der Waals surface area contributed by atoms with Crippen LogP contribution in [-0.2, 0) is 4.79 Å². The molecule has 6 heteroatoms. The Labute approximate surface area is 137 Å². The number of halogens is 1. The van der Waals surface area contributed by atoms with E-state index in [4.69, 9.17) is 0 Å². The summed E-state index contributed by atoms with van der Waals surface area (Å²) in [5, 5.41) is 7.18. The predicted molar refractivity (Wildman–Crippen MR) is 93.2 cm³/mol. The van der Waals surface area contributed by atoms with Gasteiger partial charge in [-0.15, -0.1) is 12.4 Å². The van der Waals surface area contributed by atoms with E-state index in [-0.39, 0.29) is 18.3 Å². The second kappa shape index (κ2) is 10.2. The lowest BCUT2D eigenvalue weighted by Gasteiger charge is -2.28. The van der Waals surface area contributed by atoms with E-state index in [1.165, 1.54) is 30.1 Å². The van der Waals surface area contributed by atoms with Crippen LogP contribution < -0.4 is 10.6 Å². The number of hydrogen-bond acceptors (Lipinski definition) is 4. The first-order valence-corrected chi connectivity index (χ1v) is 9.63. The van der Waals surface area contributed by atoms with Gasteiger partial charge in [0.2, 0.25) is 5.91 Å². The van der Waals surface area contributed by atoms with Gasteiger partial charge in [-0.05, 0) is 37.8 Å². The van der Waals surface area contributed by atoms with Gasteiger partial charge < -0.3 is 10.6 Å². The maximum absolute atomic E-state index is 12.0. The SMILES string of the molecule is CC(CC(=O)NCC1CSCCS1)C1CCCNC1.Cl. The number of carbonyl (C=O) groups excluding carboxylic acids is 1. The summed E-state index contributed by atoms with van der Waals surface area (Å²) in [6.45, 7) is 5.31. The minimum absolute atomic E-state index is 0. The van der Waals surface area contributed by atoms with Crippen molar-refractivity contribution in [2.45, 2.75) is 31.4 Å². The predicted octanol–water partition coefficient (Wildman–Crippen LogP) is 2.40. The fourth-order valence-electron chi connectivity index (χ4n) is 2.78. The Morgan fingerprint density at radius 1 is 1.45 bits per heavy atom. The average molecular weight is 339 g/mol. The number of amides is 1. The molecule has 20 heavy (non-hydrogen) atoms. The van der Waals surface area contributed by atoms with Gasteiger partial charge in [0.15, 0.2) is 0 Å². The van der Waals surface area contributed by atoms with E-state index >= 15 is 0 Å². The van der Waals surface area contributed by atoms with E-state index in [1.54, 1.807) is 0 Å². The summed E-state index contributed by atoms with van der Waals surface area (Å²) in [5.41, 5.74) is 0. The number of piperidine rings is 1. The molecule has 3 atom stereocenters. The molecule has 0 aromatic heterocycles. The Morgan fingerprint density at radius 2 is 2.30 bits per heavy atom. The van der Waals surface area contributed by atoms with Crippen molar-refractivity contribution in [1.82, 2.24) is 10.6 Å². The molecule has 1 amide bonds. The third kappa shape index (κ3) is 6.46. The van der Waals surface area contributed by atoms with E-state index in [0.29, 0.717) is 23.5 Å². The van der Waals surface area contributed by atoms with Crippen LogP contribution in [0.5, 0.6) is 0 Å². The summed E-state index contributed by atoms with van der Waals surface area (Å²) in [4.78, 5) is 12.0. The molecule has 2 N–H and O–H groups in total. The summed E-state index contributed by atoms with van der Waals surface area (Å²) in [7, 11) is 0. The van der Waals surface area contributed by atoms with Crippen LogP contribution in [-0.4, -0.2) is 48.0 Å². The van der Waals surface area contributed by atoms with Crippen molar-refractivity contribution < 1.29 is 4.79 Å². The third-order valence-electron chi connectivity index (χ3n) is 4.06. The number of hydrogen-bond donors (Lipinski definition) is 2. The van der Waals surface area contributed by atoms with Crippen LogP contribution in [0.3, 0.4) is 0 Å². The van der Waals surface area contributed by atoms with E-state index in [1.807, 2.05) is 23.5 Å². The highest BCUT2D eigenvalue weighted by molar-refractivity contribution is 8.06. The van der Waals surface area contributed by atoms with E-state index in [0.717, 1.165) is 19.6 Å². The van der Waals surface area contributed by atoms with Crippen molar-refractivity contribution >= 4 is 41.8 Å². The second-order valence-corrected chi connectivity index (χ2v) is 8.22. The third-order valence-corrected chi connectivity index (χ3v) is 6.90. The van der Waals surface area contributed by atoms with Crippen molar-refractivity contribution in [3.8, 4) is 0 Å². The first-order chi connectivity index (χ1) is 9.25. The summed E-state index contributed by atoms with van der Waals surface area (Å²) >= 11 is 4.02. The lowest BCUT2D eigenvalue weighted by molar-refractivity contribution is -0.122.